The van der Waals surface area contributed by atoms with Crippen molar-refractivity contribution in [1.82, 2.24) is 4.57 Å². The van der Waals surface area contributed by atoms with Gasteiger partial charge in [0.05, 0.1) is 15.1 Å². The van der Waals surface area contributed by atoms with Crippen molar-refractivity contribution < 1.29 is 42.5 Å². The second kappa shape index (κ2) is 4.85. The number of hydrogen-bond donors (Lipinski definition) is 0. The fraction of sp³-hybridized carbons (Fsp3) is 0.125. The van der Waals surface area contributed by atoms with E-state index in [9.17, 15) is 13.0 Å². The Labute approximate surface area is 124 Å². The third kappa shape index (κ3) is 2.56. The Morgan fingerprint density at radius 1 is 1.44 bits per heavy atom. The van der Waals surface area contributed by atoms with E-state index in [2.05, 4.69) is 0 Å². The maximum absolute atomic E-state index is 10.8. The third-order valence-electron chi connectivity index (χ3n) is 2.05. The van der Waals surface area contributed by atoms with Gasteiger partial charge in [-0.1, -0.05) is 0 Å². The molecule has 16 heavy (non-hydrogen) atoms. The Morgan fingerprint density at radius 3 is 2.62 bits per heavy atom. The van der Waals surface area contributed by atoms with Crippen molar-refractivity contribution in [1.29, 1.82) is 0 Å². The van der Waals surface area contributed by atoms with Gasteiger partial charge in [0.15, 0.2) is 3.95 Å². The van der Waals surface area contributed by atoms with Crippen LogP contribution in [0, 0.1) is 3.95 Å². The minimum atomic E-state index is -4.39. The molecule has 0 fully saturated rings. The molecular formula is C8H6NNaO3S3. The summed E-state index contributed by atoms with van der Waals surface area (Å²) in [6, 6.07) is 4.25. The molecule has 0 aliphatic carbocycles. The van der Waals surface area contributed by atoms with Gasteiger partial charge < -0.3 is 9.12 Å². The van der Waals surface area contributed by atoms with Crippen molar-refractivity contribution in [2.75, 3.05) is 0 Å². The molecule has 2 rings (SSSR count). The fourth-order valence-corrected chi connectivity index (χ4v) is 2.98. The molecule has 1 heterocycles. The van der Waals surface area contributed by atoms with Gasteiger partial charge in [-0.05, 0) is 30.4 Å². The number of rotatable bonds is 1. The summed E-state index contributed by atoms with van der Waals surface area (Å²) in [5.41, 5.74) is 0.668. The molecule has 0 aliphatic heterocycles. The number of aromatic nitrogens is 1. The van der Waals surface area contributed by atoms with Gasteiger partial charge in [-0.15, -0.1) is 11.3 Å². The van der Waals surface area contributed by atoms with Crippen LogP contribution >= 0.6 is 23.6 Å². The Balaban J connectivity index is 0.00000128. The van der Waals surface area contributed by atoms with Crippen LogP contribution in [-0.4, -0.2) is 17.5 Å². The third-order valence-corrected chi connectivity index (χ3v) is 4.42. The Bertz CT molecular complexity index is 686. The van der Waals surface area contributed by atoms with Crippen molar-refractivity contribution in [3.63, 3.8) is 0 Å². The SMILES string of the molecule is Cn1c(=S)sc2ccc(S(=O)(=O)[O-])cc21.[Na+]. The number of aryl methyl sites for hydroxylation is 1. The van der Waals surface area contributed by atoms with E-state index < -0.39 is 10.1 Å². The largest absolute Gasteiger partial charge is 1.00 e. The predicted octanol–water partition coefficient (Wildman–Crippen LogP) is -1.12. The van der Waals surface area contributed by atoms with Gasteiger partial charge in [0.2, 0.25) is 0 Å². The number of fused-ring (bicyclic) bond motifs is 1. The first kappa shape index (κ1) is 14.3. The molecule has 80 valence electrons. The molecule has 0 aliphatic rings. The van der Waals surface area contributed by atoms with E-state index in [1.54, 1.807) is 17.7 Å². The van der Waals surface area contributed by atoms with Gasteiger partial charge in [0, 0.05) is 7.05 Å². The fourth-order valence-electron chi connectivity index (χ4n) is 1.26. The van der Waals surface area contributed by atoms with Crippen LogP contribution in [0.3, 0.4) is 0 Å². The molecule has 0 saturated carbocycles. The van der Waals surface area contributed by atoms with Gasteiger partial charge in [-0.25, -0.2) is 8.42 Å². The molecule has 2 aromatic rings. The van der Waals surface area contributed by atoms with E-state index in [1.807, 2.05) is 0 Å². The molecule has 0 amide bonds. The average molecular weight is 283 g/mol. The standard InChI is InChI=1S/C8H7NO3S3.Na/c1-9-6-4-5(15(10,11)12)2-3-7(6)14-8(9)13;/h2-4H,1H3,(H,10,11,12);/q;+1/p-1. The summed E-state index contributed by atoms with van der Waals surface area (Å²) < 4.78 is 35.6. The molecule has 8 heteroatoms. The van der Waals surface area contributed by atoms with Gasteiger partial charge in [0.1, 0.15) is 10.1 Å². The summed E-state index contributed by atoms with van der Waals surface area (Å²) >= 11 is 6.42. The summed E-state index contributed by atoms with van der Waals surface area (Å²) in [4.78, 5) is -0.224. The zero-order chi connectivity index (χ0) is 11.2. The van der Waals surface area contributed by atoms with Gasteiger partial charge >= 0.3 is 29.6 Å². The summed E-state index contributed by atoms with van der Waals surface area (Å²) in [5, 5.41) is 0. The minimum Gasteiger partial charge on any atom is -0.744 e. The van der Waals surface area contributed by atoms with Crippen LogP contribution in [0.1, 0.15) is 0 Å². The number of nitrogens with zero attached hydrogens (tertiary/aromatic N) is 1. The maximum Gasteiger partial charge on any atom is 1.00 e. The summed E-state index contributed by atoms with van der Waals surface area (Å²) in [5.74, 6) is 0. The van der Waals surface area contributed by atoms with Crippen LogP contribution in [-0.2, 0) is 17.2 Å². The molecule has 0 unspecified atom stereocenters. The average Bonchev–Trinajstić information content (AvgIpc) is 2.41. The second-order valence-corrected chi connectivity index (χ2v) is 6.07. The van der Waals surface area contributed by atoms with Crippen molar-refractivity contribution in [2.24, 2.45) is 7.05 Å². The topological polar surface area (TPSA) is 62.1 Å². The van der Waals surface area contributed by atoms with Gasteiger partial charge in [-0.3, -0.25) is 0 Å². The Hall–Kier alpha value is 0.240. The van der Waals surface area contributed by atoms with Gasteiger partial charge in [0.25, 0.3) is 0 Å². The van der Waals surface area contributed by atoms with E-state index in [0.717, 1.165) is 4.70 Å². The molecular weight excluding hydrogens is 277 g/mol. The zero-order valence-corrected chi connectivity index (χ0v) is 13.1. The van der Waals surface area contributed by atoms with E-state index in [0.29, 0.717) is 9.47 Å². The van der Waals surface area contributed by atoms with Crippen LogP contribution in [0.25, 0.3) is 10.2 Å². The molecule has 0 atom stereocenters. The zero-order valence-electron chi connectivity index (χ0n) is 8.63. The maximum atomic E-state index is 10.8. The summed E-state index contributed by atoms with van der Waals surface area (Å²) in [7, 11) is -2.66. The Morgan fingerprint density at radius 2 is 2.06 bits per heavy atom. The van der Waals surface area contributed by atoms with Gasteiger partial charge in [-0.2, -0.15) is 0 Å². The molecule has 4 nitrogen and oxygen atoms in total. The van der Waals surface area contributed by atoms with Crippen LogP contribution in [0.2, 0.25) is 0 Å². The second-order valence-electron chi connectivity index (χ2n) is 3.01. The van der Waals surface area contributed by atoms with Crippen molar-refractivity contribution in [3.8, 4) is 0 Å². The van der Waals surface area contributed by atoms with E-state index in [1.165, 1.54) is 23.5 Å². The monoisotopic (exact) mass is 283 g/mol. The quantitative estimate of drug-likeness (QED) is 0.378. The Kier molecular flexibility index (Phi) is 4.34. The van der Waals surface area contributed by atoms with Crippen LogP contribution in [0.5, 0.6) is 0 Å². The number of hydrogen-bond acceptors (Lipinski definition) is 5. The summed E-state index contributed by atoms with van der Waals surface area (Å²) in [6.07, 6.45) is 0. The molecule has 0 spiro atoms. The first-order valence-electron chi connectivity index (χ1n) is 3.95. The smallest absolute Gasteiger partial charge is 0.744 e. The van der Waals surface area contributed by atoms with Crippen molar-refractivity contribution in [2.45, 2.75) is 4.90 Å². The minimum absolute atomic E-state index is 0. The van der Waals surface area contributed by atoms with E-state index in [4.69, 9.17) is 12.2 Å². The van der Waals surface area contributed by atoms with E-state index in [-0.39, 0.29) is 34.5 Å². The first-order valence-corrected chi connectivity index (χ1v) is 6.58. The molecule has 0 bridgehead atoms. The van der Waals surface area contributed by atoms with Crippen LogP contribution < -0.4 is 29.6 Å². The summed E-state index contributed by atoms with van der Waals surface area (Å²) in [6.45, 7) is 0. The number of benzene rings is 1. The molecule has 1 aromatic carbocycles. The first-order chi connectivity index (χ1) is 6.89. The van der Waals surface area contributed by atoms with E-state index >= 15 is 0 Å². The predicted molar refractivity (Wildman–Crippen MR) is 59.6 cm³/mol. The molecule has 0 radical (unpaired) electrons. The molecule has 1 aromatic heterocycles. The normalized spacial score (nSPS) is 11.4. The number of thiazole rings is 1. The van der Waals surface area contributed by atoms with Crippen LogP contribution in [0.15, 0.2) is 23.1 Å². The molecule has 0 N–H and O–H groups in total. The van der Waals surface area contributed by atoms with Crippen molar-refractivity contribution in [3.05, 3.63) is 22.2 Å². The molecule has 0 saturated heterocycles. The van der Waals surface area contributed by atoms with Crippen molar-refractivity contribution >= 4 is 43.9 Å². The van der Waals surface area contributed by atoms with Crippen LogP contribution in [0.4, 0.5) is 0 Å².